The highest BCUT2D eigenvalue weighted by atomic mass is 32.1. The molecule has 0 amide bonds. The van der Waals surface area contributed by atoms with Crippen LogP contribution in [0.5, 0.6) is 0 Å². The zero-order chi connectivity index (χ0) is 37.0. The standard InChI is InChI=1S/C54H35NS/c1-3-14-37(15-4-1)42-23-13-24-43(38-16-5-2-6-17-38)54(42)55(41-31-32-48-46-20-8-7-18-44(46)45-19-9-10-21-47(45)50(48)35-41)40-29-26-36(27-30-40)39-28-33-53-51(34-39)49-22-11-12-25-52(49)56-53/h1-35H. The third-order valence-corrected chi connectivity index (χ3v) is 12.4. The van der Waals surface area contributed by atoms with Gasteiger partial charge in [-0.1, -0.05) is 170 Å². The molecule has 1 aromatic heterocycles. The first-order valence-corrected chi connectivity index (χ1v) is 20.0. The van der Waals surface area contributed by atoms with Gasteiger partial charge in [0.25, 0.3) is 0 Å². The van der Waals surface area contributed by atoms with E-state index in [1.807, 2.05) is 11.3 Å². The van der Waals surface area contributed by atoms with Crippen LogP contribution in [0.3, 0.4) is 0 Å². The molecule has 0 atom stereocenters. The Morgan fingerprint density at radius 1 is 0.268 bits per heavy atom. The molecule has 0 fully saturated rings. The van der Waals surface area contributed by atoms with Gasteiger partial charge in [0.05, 0.1) is 5.69 Å². The Morgan fingerprint density at radius 3 is 1.38 bits per heavy atom. The van der Waals surface area contributed by atoms with Crippen LogP contribution in [-0.2, 0) is 0 Å². The van der Waals surface area contributed by atoms with Crippen molar-refractivity contribution in [1.82, 2.24) is 0 Å². The number of fused-ring (bicyclic) bond motifs is 9. The summed E-state index contributed by atoms with van der Waals surface area (Å²) in [5.41, 5.74) is 10.5. The predicted octanol–water partition coefficient (Wildman–Crippen LogP) is 16.0. The van der Waals surface area contributed by atoms with E-state index < -0.39 is 0 Å². The quantitative estimate of drug-likeness (QED) is 0.154. The van der Waals surface area contributed by atoms with E-state index in [0.29, 0.717) is 0 Å². The van der Waals surface area contributed by atoms with Gasteiger partial charge in [-0.15, -0.1) is 11.3 Å². The maximum atomic E-state index is 2.48. The minimum atomic E-state index is 1.10. The molecule has 2 heteroatoms. The van der Waals surface area contributed by atoms with E-state index in [1.165, 1.54) is 85.9 Å². The Balaban J connectivity index is 1.16. The zero-order valence-corrected chi connectivity index (χ0v) is 31.4. The molecule has 0 saturated carbocycles. The molecule has 0 bridgehead atoms. The second-order valence-corrected chi connectivity index (χ2v) is 15.5. The number of thiophene rings is 1. The van der Waals surface area contributed by atoms with Gasteiger partial charge in [0.15, 0.2) is 0 Å². The summed E-state index contributed by atoms with van der Waals surface area (Å²) in [6, 6.07) is 77.8. The van der Waals surface area contributed by atoms with Gasteiger partial charge in [0, 0.05) is 42.7 Å². The van der Waals surface area contributed by atoms with Gasteiger partial charge in [0.2, 0.25) is 0 Å². The molecule has 56 heavy (non-hydrogen) atoms. The molecule has 11 rings (SSSR count). The van der Waals surface area contributed by atoms with Crippen molar-refractivity contribution in [3.8, 4) is 33.4 Å². The van der Waals surface area contributed by atoms with Crippen molar-refractivity contribution in [2.75, 3.05) is 4.90 Å². The van der Waals surface area contributed by atoms with Crippen LogP contribution in [0.25, 0.3) is 85.9 Å². The fourth-order valence-corrected chi connectivity index (χ4v) is 9.72. The first-order chi connectivity index (χ1) is 27.8. The highest BCUT2D eigenvalue weighted by Gasteiger charge is 2.23. The van der Waals surface area contributed by atoms with Gasteiger partial charge in [0.1, 0.15) is 0 Å². The summed E-state index contributed by atoms with van der Waals surface area (Å²) in [6.07, 6.45) is 0. The zero-order valence-electron chi connectivity index (χ0n) is 30.6. The summed E-state index contributed by atoms with van der Waals surface area (Å²) in [5, 5.41) is 10.2. The van der Waals surface area contributed by atoms with E-state index in [9.17, 15) is 0 Å². The molecule has 10 aromatic carbocycles. The molecular formula is C54H35NS. The van der Waals surface area contributed by atoms with E-state index in [1.54, 1.807) is 0 Å². The van der Waals surface area contributed by atoms with Gasteiger partial charge >= 0.3 is 0 Å². The molecule has 11 aromatic rings. The molecule has 0 aliphatic heterocycles. The van der Waals surface area contributed by atoms with Crippen LogP contribution < -0.4 is 4.90 Å². The Morgan fingerprint density at radius 2 is 0.750 bits per heavy atom. The maximum absolute atomic E-state index is 2.48. The van der Waals surface area contributed by atoms with Gasteiger partial charge < -0.3 is 4.90 Å². The molecule has 262 valence electrons. The highest BCUT2D eigenvalue weighted by Crippen LogP contribution is 2.48. The number of para-hydroxylation sites is 1. The van der Waals surface area contributed by atoms with Crippen molar-refractivity contribution in [2.24, 2.45) is 0 Å². The Labute approximate surface area is 330 Å². The van der Waals surface area contributed by atoms with Gasteiger partial charge in [-0.25, -0.2) is 0 Å². The fourth-order valence-electron chi connectivity index (χ4n) is 8.64. The molecule has 0 spiro atoms. The van der Waals surface area contributed by atoms with Gasteiger partial charge in [-0.3, -0.25) is 0 Å². The summed E-state index contributed by atoms with van der Waals surface area (Å²) in [6.45, 7) is 0. The van der Waals surface area contributed by atoms with E-state index in [2.05, 4.69) is 217 Å². The lowest BCUT2D eigenvalue weighted by molar-refractivity contribution is 1.29. The molecule has 0 saturated heterocycles. The van der Waals surface area contributed by atoms with Gasteiger partial charge in [-0.05, 0) is 97.0 Å². The summed E-state index contributed by atoms with van der Waals surface area (Å²) in [5.74, 6) is 0. The Bertz CT molecular complexity index is 3140. The molecule has 1 nitrogen and oxygen atoms in total. The number of rotatable bonds is 6. The lowest BCUT2D eigenvalue weighted by Crippen LogP contribution is -2.13. The van der Waals surface area contributed by atoms with Crippen LogP contribution in [0.4, 0.5) is 17.1 Å². The minimum absolute atomic E-state index is 1.10. The lowest BCUT2D eigenvalue weighted by atomic mass is 9.92. The first kappa shape index (κ1) is 32.4. The number of nitrogens with zero attached hydrogens (tertiary/aromatic N) is 1. The van der Waals surface area contributed by atoms with Crippen molar-refractivity contribution in [3.63, 3.8) is 0 Å². The van der Waals surface area contributed by atoms with Crippen LogP contribution in [0.15, 0.2) is 212 Å². The summed E-state index contributed by atoms with van der Waals surface area (Å²) in [7, 11) is 0. The monoisotopic (exact) mass is 729 g/mol. The maximum Gasteiger partial charge on any atom is 0.0618 e. The minimum Gasteiger partial charge on any atom is -0.309 e. The highest BCUT2D eigenvalue weighted by molar-refractivity contribution is 7.25. The van der Waals surface area contributed by atoms with Gasteiger partial charge in [-0.2, -0.15) is 0 Å². The molecule has 0 radical (unpaired) electrons. The molecule has 0 unspecified atom stereocenters. The topological polar surface area (TPSA) is 3.24 Å². The van der Waals surface area contributed by atoms with Crippen molar-refractivity contribution < 1.29 is 0 Å². The van der Waals surface area contributed by atoms with Crippen LogP contribution in [-0.4, -0.2) is 0 Å². The molecular weight excluding hydrogens is 695 g/mol. The lowest BCUT2D eigenvalue weighted by Gasteiger charge is -2.31. The number of hydrogen-bond donors (Lipinski definition) is 0. The second kappa shape index (κ2) is 13.4. The summed E-state index contributed by atoms with van der Waals surface area (Å²) in [4.78, 5) is 2.48. The second-order valence-electron chi connectivity index (χ2n) is 14.4. The molecule has 0 aliphatic carbocycles. The largest absolute Gasteiger partial charge is 0.309 e. The third-order valence-electron chi connectivity index (χ3n) is 11.3. The average Bonchev–Trinajstić information content (AvgIpc) is 3.65. The van der Waals surface area contributed by atoms with Crippen molar-refractivity contribution in [1.29, 1.82) is 0 Å². The van der Waals surface area contributed by atoms with E-state index in [0.717, 1.165) is 17.1 Å². The van der Waals surface area contributed by atoms with Crippen molar-refractivity contribution in [3.05, 3.63) is 212 Å². The molecule has 1 heterocycles. The Hall–Kier alpha value is -7.00. The predicted molar refractivity (Wildman–Crippen MR) is 243 cm³/mol. The van der Waals surface area contributed by atoms with Crippen LogP contribution in [0, 0.1) is 0 Å². The van der Waals surface area contributed by atoms with Crippen LogP contribution in [0.2, 0.25) is 0 Å². The molecule has 0 N–H and O–H groups in total. The van der Waals surface area contributed by atoms with Crippen molar-refractivity contribution in [2.45, 2.75) is 0 Å². The SMILES string of the molecule is c1ccc(-c2cccc(-c3ccccc3)c2N(c2ccc(-c3ccc4sc5ccccc5c4c3)cc2)c2ccc3c4ccccc4c4ccccc4c3c2)cc1. The Kier molecular flexibility index (Phi) is 7.75. The van der Waals surface area contributed by atoms with E-state index in [-0.39, 0.29) is 0 Å². The fraction of sp³-hybridized carbons (Fsp3) is 0. The van der Waals surface area contributed by atoms with E-state index in [4.69, 9.17) is 0 Å². The van der Waals surface area contributed by atoms with Crippen molar-refractivity contribution >= 4 is 80.9 Å². The van der Waals surface area contributed by atoms with E-state index >= 15 is 0 Å². The normalized spacial score (nSPS) is 11.6. The molecule has 0 aliphatic rings. The smallest absolute Gasteiger partial charge is 0.0618 e. The third kappa shape index (κ3) is 5.38. The van der Waals surface area contributed by atoms with Crippen LogP contribution in [0.1, 0.15) is 0 Å². The number of anilines is 3. The van der Waals surface area contributed by atoms with Crippen LogP contribution >= 0.6 is 11.3 Å². The average molecular weight is 730 g/mol. The number of benzene rings is 10. The summed E-state index contributed by atoms with van der Waals surface area (Å²) >= 11 is 1.86. The number of hydrogen-bond acceptors (Lipinski definition) is 2. The summed E-state index contributed by atoms with van der Waals surface area (Å²) < 4.78 is 2.65. The first-order valence-electron chi connectivity index (χ1n) is 19.2.